The first-order valence-corrected chi connectivity index (χ1v) is 5.65. The molecule has 1 spiro atoms. The van der Waals surface area contributed by atoms with Crippen LogP contribution >= 0.6 is 0 Å². The van der Waals surface area contributed by atoms with E-state index in [4.69, 9.17) is 5.11 Å². The summed E-state index contributed by atoms with van der Waals surface area (Å²) >= 11 is 0. The number of nitrogens with zero attached hydrogens (tertiary/aromatic N) is 1. The molecule has 1 amide bonds. The molecular weight excluding hydrogens is 194 g/mol. The summed E-state index contributed by atoms with van der Waals surface area (Å²) in [4.78, 5) is 24.5. The van der Waals surface area contributed by atoms with E-state index < -0.39 is 5.97 Å². The van der Waals surface area contributed by atoms with Gasteiger partial charge in [-0.2, -0.15) is 0 Å². The number of amides is 1. The Morgan fingerprint density at radius 1 is 1.40 bits per heavy atom. The normalized spacial score (nSPS) is 36.8. The number of carbonyl (C=O) groups excluding carboxylic acids is 1. The molecule has 82 valence electrons. The highest BCUT2D eigenvalue weighted by Gasteiger charge is 2.60. The van der Waals surface area contributed by atoms with Crippen LogP contribution in [0.15, 0.2) is 0 Å². The Morgan fingerprint density at radius 2 is 2.13 bits per heavy atom. The first-order chi connectivity index (χ1) is 7.12. The zero-order valence-electron chi connectivity index (χ0n) is 8.61. The smallest absolute Gasteiger partial charge is 0.308 e. The Kier molecular flexibility index (Phi) is 1.68. The van der Waals surface area contributed by atoms with Gasteiger partial charge in [-0.1, -0.05) is 0 Å². The molecule has 2 aliphatic heterocycles. The second kappa shape index (κ2) is 2.74. The average Bonchev–Trinajstić information content (AvgIpc) is 2.91. The van der Waals surface area contributed by atoms with Gasteiger partial charge in [0.05, 0.1) is 5.92 Å². The summed E-state index contributed by atoms with van der Waals surface area (Å²) in [5.74, 6) is -0.902. The molecule has 1 aliphatic carbocycles. The second-order valence-electron chi connectivity index (χ2n) is 5.21. The largest absolute Gasteiger partial charge is 0.481 e. The molecule has 1 N–H and O–H groups in total. The molecule has 2 heterocycles. The van der Waals surface area contributed by atoms with Gasteiger partial charge in [-0.3, -0.25) is 9.59 Å². The molecule has 0 bridgehead atoms. The van der Waals surface area contributed by atoms with Gasteiger partial charge in [-0.15, -0.1) is 0 Å². The van der Waals surface area contributed by atoms with E-state index in [0.29, 0.717) is 19.0 Å². The van der Waals surface area contributed by atoms with Crippen LogP contribution in [0, 0.1) is 11.3 Å². The van der Waals surface area contributed by atoms with Crippen molar-refractivity contribution in [3.05, 3.63) is 0 Å². The Bertz CT molecular complexity index is 335. The molecule has 3 rings (SSSR count). The van der Waals surface area contributed by atoms with E-state index in [-0.39, 0.29) is 17.2 Å². The summed E-state index contributed by atoms with van der Waals surface area (Å²) in [6, 6.07) is 0.362. The van der Waals surface area contributed by atoms with E-state index in [2.05, 4.69) is 0 Å². The van der Waals surface area contributed by atoms with Crippen LogP contribution in [-0.4, -0.2) is 34.5 Å². The number of carbonyl (C=O) groups is 2. The highest BCUT2D eigenvalue weighted by Crippen LogP contribution is 2.59. The van der Waals surface area contributed by atoms with Crippen LogP contribution in [0.1, 0.15) is 32.1 Å². The lowest BCUT2D eigenvalue weighted by molar-refractivity contribution is -0.145. The van der Waals surface area contributed by atoms with Crippen LogP contribution in [0.3, 0.4) is 0 Å². The molecule has 0 unspecified atom stereocenters. The minimum atomic E-state index is -0.752. The summed E-state index contributed by atoms with van der Waals surface area (Å²) < 4.78 is 0. The maximum absolute atomic E-state index is 11.8. The number of carboxylic acids is 1. The molecule has 1 saturated carbocycles. The van der Waals surface area contributed by atoms with Crippen molar-refractivity contribution in [2.75, 3.05) is 6.54 Å². The van der Waals surface area contributed by atoms with Gasteiger partial charge in [-0.05, 0) is 31.1 Å². The zero-order valence-corrected chi connectivity index (χ0v) is 8.61. The van der Waals surface area contributed by atoms with E-state index in [1.165, 1.54) is 0 Å². The van der Waals surface area contributed by atoms with Gasteiger partial charge in [0, 0.05) is 19.0 Å². The standard InChI is InChI=1S/C11H15NO3/c13-9-5-11(3-4-11)8-2-1-7(10(14)15)6-12(8)9/h7-8H,1-6H2,(H,14,15)/t7-,8-/m0/s1. The summed E-state index contributed by atoms with van der Waals surface area (Å²) in [6.45, 7) is 0.445. The molecule has 0 aromatic carbocycles. The SMILES string of the molecule is O=C(O)[C@H]1CC[C@@H]2N(C1)C(=O)CC21CC1. The lowest BCUT2D eigenvalue weighted by Gasteiger charge is -2.35. The Labute approximate surface area is 88.2 Å². The van der Waals surface area contributed by atoms with E-state index >= 15 is 0 Å². The first kappa shape index (κ1) is 9.19. The van der Waals surface area contributed by atoms with Crippen LogP contribution in [-0.2, 0) is 9.59 Å². The van der Waals surface area contributed by atoms with Gasteiger partial charge in [0.25, 0.3) is 0 Å². The van der Waals surface area contributed by atoms with Crippen molar-refractivity contribution in [3.8, 4) is 0 Å². The van der Waals surface area contributed by atoms with E-state index in [1.54, 1.807) is 0 Å². The summed E-state index contributed by atoms with van der Waals surface area (Å²) in [7, 11) is 0. The minimum absolute atomic E-state index is 0.184. The predicted molar refractivity (Wildman–Crippen MR) is 52.1 cm³/mol. The first-order valence-electron chi connectivity index (χ1n) is 5.65. The summed E-state index contributed by atoms with van der Waals surface area (Å²) in [6.07, 6.45) is 4.63. The highest BCUT2D eigenvalue weighted by molar-refractivity contribution is 5.82. The Hall–Kier alpha value is -1.06. The molecule has 2 atom stereocenters. The Morgan fingerprint density at radius 3 is 2.73 bits per heavy atom. The van der Waals surface area contributed by atoms with Gasteiger partial charge in [0.15, 0.2) is 0 Å². The summed E-state index contributed by atoms with van der Waals surface area (Å²) in [5.41, 5.74) is 0.264. The fourth-order valence-corrected chi connectivity index (χ4v) is 3.28. The lowest BCUT2D eigenvalue weighted by atomic mass is 9.86. The van der Waals surface area contributed by atoms with Gasteiger partial charge in [0.2, 0.25) is 5.91 Å². The molecule has 0 aromatic rings. The van der Waals surface area contributed by atoms with Crippen molar-refractivity contribution in [1.29, 1.82) is 0 Å². The number of rotatable bonds is 1. The molecule has 3 fully saturated rings. The summed E-state index contributed by atoms with van der Waals surface area (Å²) in [5, 5.41) is 8.95. The van der Waals surface area contributed by atoms with Crippen LogP contribution in [0.25, 0.3) is 0 Å². The van der Waals surface area contributed by atoms with E-state index in [1.807, 2.05) is 4.90 Å². The molecule has 3 aliphatic rings. The van der Waals surface area contributed by atoms with Crippen molar-refractivity contribution in [2.45, 2.75) is 38.1 Å². The monoisotopic (exact) mass is 209 g/mol. The van der Waals surface area contributed by atoms with Crippen molar-refractivity contribution < 1.29 is 14.7 Å². The lowest BCUT2D eigenvalue weighted by Crippen LogP contribution is -2.45. The average molecular weight is 209 g/mol. The van der Waals surface area contributed by atoms with Crippen LogP contribution in [0.2, 0.25) is 0 Å². The highest BCUT2D eigenvalue weighted by atomic mass is 16.4. The molecule has 4 nitrogen and oxygen atoms in total. The number of hydrogen-bond acceptors (Lipinski definition) is 2. The number of carboxylic acid groups (broad SMARTS) is 1. The molecule has 2 saturated heterocycles. The van der Waals surface area contributed by atoms with Gasteiger partial charge in [0.1, 0.15) is 0 Å². The molecule has 15 heavy (non-hydrogen) atoms. The Balaban J connectivity index is 1.80. The van der Waals surface area contributed by atoms with Crippen LogP contribution in [0.5, 0.6) is 0 Å². The predicted octanol–water partition coefficient (Wildman–Crippen LogP) is 0.862. The fraction of sp³-hybridized carbons (Fsp3) is 0.818. The van der Waals surface area contributed by atoms with Crippen molar-refractivity contribution >= 4 is 11.9 Å². The van der Waals surface area contributed by atoms with Gasteiger partial charge < -0.3 is 10.0 Å². The molecule has 4 heteroatoms. The number of fused-ring (bicyclic) bond motifs is 2. The fourth-order valence-electron chi connectivity index (χ4n) is 3.28. The second-order valence-corrected chi connectivity index (χ2v) is 5.21. The number of hydrogen-bond donors (Lipinski definition) is 1. The quantitative estimate of drug-likeness (QED) is 0.697. The zero-order chi connectivity index (χ0) is 10.6. The molecule has 0 radical (unpaired) electrons. The minimum Gasteiger partial charge on any atom is -0.481 e. The van der Waals surface area contributed by atoms with Gasteiger partial charge >= 0.3 is 5.97 Å². The third-order valence-electron chi connectivity index (χ3n) is 4.35. The topological polar surface area (TPSA) is 57.6 Å². The van der Waals surface area contributed by atoms with E-state index in [9.17, 15) is 9.59 Å². The third-order valence-corrected chi connectivity index (χ3v) is 4.35. The van der Waals surface area contributed by atoms with Crippen molar-refractivity contribution in [2.24, 2.45) is 11.3 Å². The maximum Gasteiger partial charge on any atom is 0.308 e. The van der Waals surface area contributed by atoms with Crippen molar-refractivity contribution in [1.82, 2.24) is 4.90 Å². The number of piperidine rings is 1. The maximum atomic E-state index is 11.8. The van der Waals surface area contributed by atoms with Crippen molar-refractivity contribution in [3.63, 3.8) is 0 Å². The van der Waals surface area contributed by atoms with Crippen LogP contribution < -0.4 is 0 Å². The number of aliphatic carboxylic acids is 1. The van der Waals surface area contributed by atoms with Crippen LogP contribution in [0.4, 0.5) is 0 Å². The molecule has 0 aromatic heterocycles. The van der Waals surface area contributed by atoms with Gasteiger partial charge in [-0.25, -0.2) is 0 Å². The van der Waals surface area contributed by atoms with E-state index in [0.717, 1.165) is 25.7 Å². The third kappa shape index (κ3) is 1.20. The molecular formula is C11H15NO3.